The van der Waals surface area contributed by atoms with Crippen LogP contribution in [0.2, 0.25) is 0 Å². The Morgan fingerprint density at radius 1 is 1.24 bits per heavy atom. The summed E-state index contributed by atoms with van der Waals surface area (Å²) in [5.41, 5.74) is 4.28. The largest absolute Gasteiger partial charge is 0.323 e. The van der Waals surface area contributed by atoms with Gasteiger partial charge in [-0.1, -0.05) is 12.1 Å². The molecule has 0 aliphatic carbocycles. The van der Waals surface area contributed by atoms with Gasteiger partial charge < -0.3 is 5.32 Å². The lowest BCUT2D eigenvalue weighted by molar-refractivity contribution is -0.111. The van der Waals surface area contributed by atoms with Gasteiger partial charge in [0.2, 0.25) is 5.91 Å². The number of aromatic nitrogens is 3. The van der Waals surface area contributed by atoms with Crippen LogP contribution in [0, 0.1) is 11.3 Å². The molecule has 0 unspecified atom stereocenters. The topological polar surface area (TPSA) is 94.5 Å². The number of hydrogen-bond donors (Lipinski definition) is 2. The molecule has 2 N–H and O–H groups in total. The highest BCUT2D eigenvalue weighted by Gasteiger charge is 2.04. The van der Waals surface area contributed by atoms with Crippen LogP contribution in [0.5, 0.6) is 0 Å². The Hall–Kier alpha value is -3.72. The van der Waals surface area contributed by atoms with Gasteiger partial charge in [0.05, 0.1) is 18.7 Å². The van der Waals surface area contributed by atoms with Gasteiger partial charge in [-0.05, 0) is 35.4 Å². The van der Waals surface area contributed by atoms with Crippen molar-refractivity contribution < 1.29 is 4.79 Å². The molecule has 0 spiro atoms. The van der Waals surface area contributed by atoms with E-state index in [1.807, 2.05) is 18.2 Å². The lowest BCUT2D eigenvalue weighted by Crippen LogP contribution is -2.07. The molecule has 6 nitrogen and oxygen atoms in total. The third kappa shape index (κ3) is 4.18. The number of rotatable bonds is 5. The van der Waals surface area contributed by atoms with E-state index in [1.54, 1.807) is 43.0 Å². The predicted octanol–water partition coefficient (Wildman–Crippen LogP) is 3.19. The predicted molar refractivity (Wildman–Crippen MR) is 95.2 cm³/mol. The quantitative estimate of drug-likeness (QED) is 0.703. The van der Waals surface area contributed by atoms with E-state index in [2.05, 4.69) is 26.6 Å². The number of hydrogen-bond acceptors (Lipinski definition) is 4. The second-order valence-electron chi connectivity index (χ2n) is 5.30. The zero-order chi connectivity index (χ0) is 17.5. The number of benzene rings is 1. The number of carbonyl (C=O) groups excluding carboxylic acids is 1. The molecule has 3 aromatic rings. The summed E-state index contributed by atoms with van der Waals surface area (Å²) in [5.74, 6) is -0.241. The molecule has 2 heterocycles. The van der Waals surface area contributed by atoms with Crippen molar-refractivity contribution in [2.75, 3.05) is 5.32 Å². The zero-order valence-corrected chi connectivity index (χ0v) is 13.3. The number of nitriles is 1. The second kappa shape index (κ2) is 7.70. The van der Waals surface area contributed by atoms with Crippen molar-refractivity contribution in [3.8, 4) is 17.2 Å². The van der Waals surface area contributed by atoms with Crippen LogP contribution in [-0.2, 0) is 11.2 Å². The highest BCUT2D eigenvalue weighted by Crippen LogP contribution is 2.22. The summed E-state index contributed by atoms with van der Waals surface area (Å²) in [6.07, 6.45) is 10.4. The molecule has 25 heavy (non-hydrogen) atoms. The smallest absolute Gasteiger partial charge is 0.248 e. The van der Waals surface area contributed by atoms with Crippen molar-refractivity contribution in [1.29, 1.82) is 5.26 Å². The Labute approximate surface area is 144 Å². The first kappa shape index (κ1) is 16.1. The van der Waals surface area contributed by atoms with Crippen molar-refractivity contribution >= 4 is 17.7 Å². The lowest BCUT2D eigenvalue weighted by Gasteiger charge is -2.04. The van der Waals surface area contributed by atoms with Gasteiger partial charge in [0.1, 0.15) is 0 Å². The van der Waals surface area contributed by atoms with Gasteiger partial charge in [0.15, 0.2) is 0 Å². The Bertz CT molecular complexity index is 921. The van der Waals surface area contributed by atoms with Crippen LogP contribution in [0.3, 0.4) is 0 Å². The Kier molecular flexibility index (Phi) is 4.98. The average molecular weight is 329 g/mol. The van der Waals surface area contributed by atoms with E-state index in [9.17, 15) is 4.79 Å². The molecule has 0 bridgehead atoms. The first-order chi connectivity index (χ1) is 12.3. The molecule has 0 radical (unpaired) electrons. The van der Waals surface area contributed by atoms with E-state index < -0.39 is 0 Å². The molecule has 6 heteroatoms. The number of nitrogens with zero attached hydrogens (tertiary/aromatic N) is 3. The third-order valence-electron chi connectivity index (χ3n) is 3.58. The molecule has 0 aliphatic rings. The van der Waals surface area contributed by atoms with Crippen LogP contribution in [0.4, 0.5) is 5.69 Å². The maximum Gasteiger partial charge on any atom is 0.248 e. The molecular weight excluding hydrogens is 314 g/mol. The molecule has 0 fully saturated rings. The van der Waals surface area contributed by atoms with Gasteiger partial charge >= 0.3 is 0 Å². The van der Waals surface area contributed by atoms with Crippen LogP contribution < -0.4 is 5.32 Å². The lowest BCUT2D eigenvalue weighted by atomic mass is 10.0. The Morgan fingerprint density at radius 2 is 2.08 bits per heavy atom. The molecule has 0 saturated carbocycles. The van der Waals surface area contributed by atoms with Crippen molar-refractivity contribution in [2.45, 2.75) is 6.42 Å². The van der Waals surface area contributed by atoms with E-state index in [-0.39, 0.29) is 5.91 Å². The van der Waals surface area contributed by atoms with Gasteiger partial charge in [0.25, 0.3) is 0 Å². The SMILES string of the molecule is N#CCc1ccc(NC(=O)/C=C/c2cnccc2-c2cn[nH]c2)cc1. The summed E-state index contributed by atoms with van der Waals surface area (Å²) in [5, 5.41) is 18.2. The number of nitrogens with one attached hydrogen (secondary N) is 2. The van der Waals surface area contributed by atoms with E-state index in [4.69, 9.17) is 5.26 Å². The second-order valence-corrected chi connectivity index (χ2v) is 5.30. The van der Waals surface area contributed by atoms with Crippen LogP contribution in [-0.4, -0.2) is 21.1 Å². The summed E-state index contributed by atoms with van der Waals surface area (Å²) in [6, 6.07) is 11.2. The molecular formula is C19H15N5O. The highest BCUT2D eigenvalue weighted by molar-refractivity contribution is 6.02. The molecule has 3 rings (SSSR count). The minimum atomic E-state index is -0.241. The van der Waals surface area contributed by atoms with E-state index in [0.29, 0.717) is 12.1 Å². The molecule has 0 aliphatic heterocycles. The van der Waals surface area contributed by atoms with Crippen molar-refractivity contribution in [1.82, 2.24) is 15.2 Å². The van der Waals surface area contributed by atoms with Crippen LogP contribution in [0.15, 0.2) is 61.2 Å². The number of H-pyrrole nitrogens is 1. The number of aromatic amines is 1. The summed E-state index contributed by atoms with van der Waals surface area (Å²) in [6.45, 7) is 0. The molecule has 0 atom stereocenters. The molecule has 1 aromatic carbocycles. The van der Waals surface area contributed by atoms with Crippen molar-refractivity contribution in [3.05, 3.63) is 72.3 Å². The first-order valence-corrected chi connectivity index (χ1v) is 7.64. The molecule has 0 saturated heterocycles. The van der Waals surface area contributed by atoms with E-state index in [1.165, 1.54) is 6.08 Å². The van der Waals surface area contributed by atoms with Crippen molar-refractivity contribution in [3.63, 3.8) is 0 Å². The summed E-state index contributed by atoms with van der Waals surface area (Å²) in [4.78, 5) is 16.2. The van der Waals surface area contributed by atoms with E-state index >= 15 is 0 Å². The molecule has 1 amide bonds. The maximum atomic E-state index is 12.1. The minimum Gasteiger partial charge on any atom is -0.323 e. The highest BCUT2D eigenvalue weighted by atomic mass is 16.1. The zero-order valence-electron chi connectivity index (χ0n) is 13.3. The summed E-state index contributed by atoms with van der Waals surface area (Å²) < 4.78 is 0. The molecule has 122 valence electrons. The van der Waals surface area contributed by atoms with Crippen molar-refractivity contribution in [2.24, 2.45) is 0 Å². The van der Waals surface area contributed by atoms with E-state index in [0.717, 1.165) is 22.3 Å². The minimum absolute atomic E-state index is 0.241. The number of pyridine rings is 1. The number of anilines is 1. The Balaban J connectivity index is 1.70. The Morgan fingerprint density at radius 3 is 2.80 bits per heavy atom. The summed E-state index contributed by atoms with van der Waals surface area (Å²) >= 11 is 0. The van der Waals surface area contributed by atoms with Gasteiger partial charge in [-0.15, -0.1) is 0 Å². The number of amides is 1. The third-order valence-corrected chi connectivity index (χ3v) is 3.58. The van der Waals surface area contributed by atoms with Crippen LogP contribution in [0.1, 0.15) is 11.1 Å². The standard InChI is InChI=1S/C19H15N5O/c20-9-7-14-1-4-17(5-2-14)24-19(25)6-3-15-11-21-10-8-18(15)16-12-22-23-13-16/h1-6,8,10-13H,7H2,(H,22,23)(H,24,25)/b6-3+. The fourth-order valence-corrected chi connectivity index (χ4v) is 2.35. The van der Waals surface area contributed by atoms with Gasteiger partial charge in [-0.25, -0.2) is 0 Å². The molecule has 2 aromatic heterocycles. The monoisotopic (exact) mass is 329 g/mol. The fraction of sp³-hybridized carbons (Fsp3) is 0.0526. The number of carbonyl (C=O) groups is 1. The normalized spacial score (nSPS) is 10.5. The average Bonchev–Trinajstić information content (AvgIpc) is 3.17. The fourth-order valence-electron chi connectivity index (χ4n) is 2.35. The van der Waals surface area contributed by atoms with Crippen LogP contribution in [0.25, 0.3) is 17.2 Å². The van der Waals surface area contributed by atoms with Gasteiger partial charge in [-0.3, -0.25) is 14.9 Å². The first-order valence-electron chi connectivity index (χ1n) is 7.64. The van der Waals surface area contributed by atoms with Crippen LogP contribution >= 0.6 is 0 Å². The van der Waals surface area contributed by atoms with Gasteiger partial charge in [0, 0.05) is 41.5 Å². The van der Waals surface area contributed by atoms with Gasteiger partial charge in [-0.2, -0.15) is 10.4 Å². The summed E-state index contributed by atoms with van der Waals surface area (Å²) in [7, 11) is 0. The maximum absolute atomic E-state index is 12.1.